The van der Waals surface area contributed by atoms with Crippen LogP contribution in [0.4, 0.5) is 0 Å². The SMILES string of the molecule is CCCNCCNC(=O)c1cc(S(=O)(=O)N2CCOCC2)ccc1OC. The number of benzene rings is 1. The van der Waals surface area contributed by atoms with Crippen molar-refractivity contribution in [1.82, 2.24) is 14.9 Å². The van der Waals surface area contributed by atoms with Crippen molar-refractivity contribution >= 4 is 15.9 Å². The number of morpholine rings is 1. The van der Waals surface area contributed by atoms with Crippen molar-refractivity contribution in [3.63, 3.8) is 0 Å². The lowest BCUT2D eigenvalue weighted by atomic mass is 10.2. The Morgan fingerprint density at radius 1 is 1.23 bits per heavy atom. The molecular formula is C17H27N3O5S. The van der Waals surface area contributed by atoms with Crippen molar-refractivity contribution in [2.24, 2.45) is 0 Å². The van der Waals surface area contributed by atoms with E-state index in [1.54, 1.807) is 0 Å². The molecule has 2 N–H and O–H groups in total. The van der Waals surface area contributed by atoms with Crippen LogP contribution < -0.4 is 15.4 Å². The van der Waals surface area contributed by atoms with E-state index >= 15 is 0 Å². The Bertz CT molecular complexity index is 702. The average Bonchev–Trinajstić information content (AvgIpc) is 2.67. The van der Waals surface area contributed by atoms with E-state index in [9.17, 15) is 13.2 Å². The van der Waals surface area contributed by atoms with Gasteiger partial charge < -0.3 is 20.1 Å². The minimum Gasteiger partial charge on any atom is -0.496 e. The Morgan fingerprint density at radius 3 is 2.62 bits per heavy atom. The summed E-state index contributed by atoms with van der Waals surface area (Å²) in [4.78, 5) is 12.5. The van der Waals surface area contributed by atoms with Gasteiger partial charge >= 0.3 is 0 Å². The van der Waals surface area contributed by atoms with Gasteiger partial charge in [-0.3, -0.25) is 4.79 Å². The number of hydrogen-bond acceptors (Lipinski definition) is 6. The summed E-state index contributed by atoms with van der Waals surface area (Å²) in [7, 11) is -2.22. The summed E-state index contributed by atoms with van der Waals surface area (Å²) in [5.41, 5.74) is 0.206. The second-order valence-corrected chi connectivity index (χ2v) is 7.82. The molecule has 0 spiro atoms. The van der Waals surface area contributed by atoms with Crippen LogP contribution in [-0.4, -0.2) is 71.7 Å². The highest BCUT2D eigenvalue weighted by Crippen LogP contribution is 2.25. The predicted octanol–water partition coefficient (Wildman–Crippen LogP) is 0.446. The van der Waals surface area contributed by atoms with Crippen LogP contribution >= 0.6 is 0 Å². The van der Waals surface area contributed by atoms with Crippen LogP contribution in [0.3, 0.4) is 0 Å². The van der Waals surface area contributed by atoms with Gasteiger partial charge in [0.1, 0.15) is 5.75 Å². The quantitative estimate of drug-likeness (QED) is 0.599. The highest BCUT2D eigenvalue weighted by molar-refractivity contribution is 7.89. The summed E-state index contributed by atoms with van der Waals surface area (Å²) in [5.74, 6) is -0.0240. The first-order chi connectivity index (χ1) is 12.5. The van der Waals surface area contributed by atoms with Gasteiger partial charge in [0.25, 0.3) is 5.91 Å². The van der Waals surface area contributed by atoms with Crippen LogP contribution in [0, 0.1) is 0 Å². The van der Waals surface area contributed by atoms with Crippen molar-refractivity contribution in [2.75, 3.05) is 53.0 Å². The largest absolute Gasteiger partial charge is 0.496 e. The minimum atomic E-state index is -3.67. The number of ether oxygens (including phenoxy) is 2. The van der Waals surface area contributed by atoms with Gasteiger partial charge in [0.05, 0.1) is 30.8 Å². The van der Waals surface area contributed by atoms with Crippen molar-refractivity contribution in [3.8, 4) is 5.75 Å². The molecule has 0 aliphatic carbocycles. The van der Waals surface area contributed by atoms with Crippen LogP contribution in [0.1, 0.15) is 23.7 Å². The van der Waals surface area contributed by atoms with E-state index in [0.29, 0.717) is 45.1 Å². The minimum absolute atomic E-state index is 0.0782. The van der Waals surface area contributed by atoms with Crippen LogP contribution in [0.25, 0.3) is 0 Å². The van der Waals surface area contributed by atoms with Crippen LogP contribution in [0.15, 0.2) is 23.1 Å². The first-order valence-corrected chi connectivity index (χ1v) is 10.2. The number of hydrogen-bond donors (Lipinski definition) is 2. The number of carbonyl (C=O) groups excluding carboxylic acids is 1. The van der Waals surface area contributed by atoms with Crippen molar-refractivity contribution in [2.45, 2.75) is 18.2 Å². The number of methoxy groups -OCH3 is 1. The second kappa shape index (κ2) is 9.86. The molecule has 1 saturated heterocycles. The fourth-order valence-electron chi connectivity index (χ4n) is 2.62. The third kappa shape index (κ3) is 5.16. The number of nitrogens with zero attached hydrogens (tertiary/aromatic N) is 1. The maximum atomic E-state index is 12.8. The number of rotatable bonds is 9. The normalized spacial score (nSPS) is 15.6. The molecule has 26 heavy (non-hydrogen) atoms. The molecule has 0 atom stereocenters. The van der Waals surface area contributed by atoms with E-state index in [1.807, 2.05) is 0 Å². The van der Waals surface area contributed by atoms with Gasteiger partial charge in [0.15, 0.2) is 0 Å². The standard InChI is InChI=1S/C17H27N3O5S/c1-3-6-18-7-8-19-17(21)15-13-14(4-5-16(15)24-2)26(22,23)20-9-11-25-12-10-20/h4-5,13,18H,3,6-12H2,1-2H3,(H,19,21). The Kier molecular flexibility index (Phi) is 7.83. The predicted molar refractivity (Wildman–Crippen MR) is 98.1 cm³/mol. The monoisotopic (exact) mass is 385 g/mol. The highest BCUT2D eigenvalue weighted by Gasteiger charge is 2.27. The lowest BCUT2D eigenvalue weighted by Crippen LogP contribution is -2.40. The van der Waals surface area contributed by atoms with Gasteiger partial charge in [0, 0.05) is 26.2 Å². The van der Waals surface area contributed by atoms with Gasteiger partial charge in [-0.1, -0.05) is 6.92 Å². The Morgan fingerprint density at radius 2 is 1.96 bits per heavy atom. The van der Waals surface area contributed by atoms with E-state index in [1.165, 1.54) is 29.6 Å². The molecule has 1 amide bonds. The molecule has 1 fully saturated rings. The summed E-state index contributed by atoms with van der Waals surface area (Å²) < 4.78 is 37.4. The second-order valence-electron chi connectivity index (χ2n) is 5.88. The summed E-state index contributed by atoms with van der Waals surface area (Å²) in [6.45, 7) is 5.39. The van der Waals surface area contributed by atoms with Crippen molar-refractivity contribution < 1.29 is 22.7 Å². The number of carbonyl (C=O) groups is 1. The molecule has 8 nitrogen and oxygen atoms in total. The zero-order chi connectivity index (χ0) is 19.0. The molecule has 1 aromatic rings. The van der Waals surface area contributed by atoms with Crippen LogP contribution in [0.2, 0.25) is 0 Å². The lowest BCUT2D eigenvalue weighted by Gasteiger charge is -2.26. The molecule has 0 bridgehead atoms. The maximum absolute atomic E-state index is 12.8. The smallest absolute Gasteiger partial charge is 0.255 e. The summed E-state index contributed by atoms with van der Waals surface area (Å²) in [6.07, 6.45) is 1.02. The number of amides is 1. The molecule has 2 rings (SSSR count). The Labute approximate surface area is 154 Å². The van der Waals surface area contributed by atoms with E-state index in [-0.39, 0.29) is 16.4 Å². The number of sulfonamides is 1. The molecule has 9 heteroatoms. The average molecular weight is 385 g/mol. The van der Waals surface area contributed by atoms with E-state index in [2.05, 4.69) is 17.6 Å². The Hall–Kier alpha value is -1.68. The molecule has 0 aromatic heterocycles. The zero-order valence-electron chi connectivity index (χ0n) is 15.3. The van der Waals surface area contributed by atoms with Crippen LogP contribution in [0.5, 0.6) is 5.75 Å². The van der Waals surface area contributed by atoms with Crippen molar-refractivity contribution in [3.05, 3.63) is 23.8 Å². The van der Waals surface area contributed by atoms with E-state index < -0.39 is 10.0 Å². The van der Waals surface area contributed by atoms with Gasteiger partial charge in [-0.25, -0.2) is 8.42 Å². The zero-order valence-corrected chi connectivity index (χ0v) is 16.1. The van der Waals surface area contributed by atoms with Gasteiger partial charge in [0.2, 0.25) is 10.0 Å². The lowest BCUT2D eigenvalue weighted by molar-refractivity contribution is 0.0730. The highest BCUT2D eigenvalue weighted by atomic mass is 32.2. The molecule has 146 valence electrons. The van der Waals surface area contributed by atoms with Gasteiger partial charge in [-0.2, -0.15) is 4.31 Å². The molecule has 1 aliphatic rings. The van der Waals surface area contributed by atoms with E-state index in [4.69, 9.17) is 9.47 Å². The molecule has 0 unspecified atom stereocenters. The first-order valence-electron chi connectivity index (χ1n) is 8.75. The fourth-order valence-corrected chi connectivity index (χ4v) is 4.06. The van der Waals surface area contributed by atoms with Crippen molar-refractivity contribution in [1.29, 1.82) is 0 Å². The Balaban J connectivity index is 2.15. The van der Waals surface area contributed by atoms with Gasteiger partial charge in [-0.05, 0) is 31.2 Å². The summed E-state index contributed by atoms with van der Waals surface area (Å²) >= 11 is 0. The molecule has 1 aromatic carbocycles. The molecular weight excluding hydrogens is 358 g/mol. The summed E-state index contributed by atoms with van der Waals surface area (Å²) in [6, 6.07) is 4.35. The topological polar surface area (TPSA) is 97.0 Å². The third-order valence-corrected chi connectivity index (χ3v) is 5.93. The fraction of sp³-hybridized carbons (Fsp3) is 0.588. The summed E-state index contributed by atoms with van der Waals surface area (Å²) in [5, 5.41) is 5.97. The molecule has 0 saturated carbocycles. The van der Waals surface area contributed by atoms with Gasteiger partial charge in [-0.15, -0.1) is 0 Å². The number of nitrogens with one attached hydrogen (secondary N) is 2. The molecule has 0 radical (unpaired) electrons. The third-order valence-electron chi connectivity index (χ3n) is 4.04. The molecule has 1 aliphatic heterocycles. The first kappa shape index (κ1) is 20.6. The maximum Gasteiger partial charge on any atom is 0.255 e. The van der Waals surface area contributed by atoms with E-state index in [0.717, 1.165) is 13.0 Å². The molecule has 1 heterocycles. The van der Waals surface area contributed by atoms with Crippen LogP contribution in [-0.2, 0) is 14.8 Å².